The molecule has 0 aliphatic rings. The Kier molecular flexibility index (Phi) is 5.91. The van der Waals surface area contributed by atoms with Crippen LogP contribution in [0.15, 0.2) is 41.3 Å². The van der Waals surface area contributed by atoms with Gasteiger partial charge < -0.3 is 5.32 Å². The predicted octanol–water partition coefficient (Wildman–Crippen LogP) is 4.96. The monoisotopic (exact) mass is 384 g/mol. The van der Waals surface area contributed by atoms with Crippen molar-refractivity contribution < 1.29 is 22.9 Å². The molecule has 0 aliphatic carbocycles. The quantitative estimate of drug-likeness (QED) is 0.449. The lowest BCUT2D eigenvalue weighted by Gasteiger charge is -2.11. The average Bonchev–Trinajstić information content (AvgIpc) is 2.56. The number of nitrogens with one attached hydrogen (secondary N) is 1. The van der Waals surface area contributed by atoms with E-state index >= 15 is 0 Å². The van der Waals surface area contributed by atoms with Gasteiger partial charge in [0.1, 0.15) is 0 Å². The number of amides is 1. The van der Waals surface area contributed by atoms with Crippen LogP contribution in [-0.4, -0.2) is 16.6 Å². The van der Waals surface area contributed by atoms with Gasteiger partial charge in [0.15, 0.2) is 0 Å². The Balaban J connectivity index is 2.12. The third-order valence-electron chi connectivity index (χ3n) is 3.72. The van der Waals surface area contributed by atoms with Crippen LogP contribution in [0.1, 0.15) is 16.7 Å². The maximum absolute atomic E-state index is 12.7. The number of nitrogens with zero attached hydrogens (tertiary/aromatic N) is 1. The van der Waals surface area contributed by atoms with Crippen LogP contribution in [0.3, 0.4) is 0 Å². The van der Waals surface area contributed by atoms with Gasteiger partial charge in [-0.1, -0.05) is 12.1 Å². The first-order valence-corrected chi connectivity index (χ1v) is 8.42. The fourth-order valence-electron chi connectivity index (χ4n) is 2.17. The molecule has 1 amide bonds. The summed E-state index contributed by atoms with van der Waals surface area (Å²) in [5.74, 6) is -0.572. The molecule has 0 heterocycles. The molecule has 1 N–H and O–H groups in total. The highest BCUT2D eigenvalue weighted by atomic mass is 32.2. The van der Waals surface area contributed by atoms with Crippen molar-refractivity contribution in [2.24, 2.45) is 0 Å². The van der Waals surface area contributed by atoms with Crippen molar-refractivity contribution in [2.75, 3.05) is 11.1 Å². The number of carbonyl (C=O) groups is 1. The second kappa shape index (κ2) is 7.77. The van der Waals surface area contributed by atoms with E-state index in [0.717, 1.165) is 35.0 Å². The molecular formula is C17H15F3N2O3S. The minimum Gasteiger partial charge on any atom is -0.325 e. The van der Waals surface area contributed by atoms with E-state index < -0.39 is 28.3 Å². The fraction of sp³-hybridized carbons (Fsp3) is 0.235. The Morgan fingerprint density at radius 1 is 1.23 bits per heavy atom. The maximum atomic E-state index is 12.7. The summed E-state index contributed by atoms with van der Waals surface area (Å²) >= 11 is 0.811. The molecule has 26 heavy (non-hydrogen) atoms. The van der Waals surface area contributed by atoms with Crippen LogP contribution in [0.4, 0.5) is 24.5 Å². The molecule has 0 fully saturated rings. The van der Waals surface area contributed by atoms with E-state index in [0.29, 0.717) is 11.8 Å². The standard InChI is InChI=1S/C17H15F3N2O3S/c1-10-4-3-5-13(11(10)2)21-16(23)9-26-15-7-6-12(17(18,19)20)8-14(15)22(24)25/h3-8H,9H2,1-2H3,(H,21,23). The molecule has 0 spiro atoms. The Morgan fingerprint density at radius 2 is 1.92 bits per heavy atom. The van der Waals surface area contributed by atoms with Gasteiger partial charge in [0.25, 0.3) is 5.69 Å². The van der Waals surface area contributed by atoms with Crippen molar-refractivity contribution in [2.45, 2.75) is 24.9 Å². The number of benzene rings is 2. The molecule has 0 aliphatic heterocycles. The van der Waals surface area contributed by atoms with Crippen LogP contribution in [0.5, 0.6) is 0 Å². The van der Waals surface area contributed by atoms with Crippen molar-refractivity contribution in [3.8, 4) is 0 Å². The van der Waals surface area contributed by atoms with E-state index in [9.17, 15) is 28.1 Å². The molecule has 2 aromatic carbocycles. The molecule has 0 radical (unpaired) electrons. The van der Waals surface area contributed by atoms with Crippen molar-refractivity contribution in [3.05, 3.63) is 63.2 Å². The highest BCUT2D eigenvalue weighted by Gasteiger charge is 2.33. The molecule has 2 rings (SSSR count). The first-order valence-electron chi connectivity index (χ1n) is 7.44. The predicted molar refractivity (Wildman–Crippen MR) is 93.4 cm³/mol. The average molecular weight is 384 g/mol. The van der Waals surface area contributed by atoms with E-state index in [-0.39, 0.29) is 10.6 Å². The van der Waals surface area contributed by atoms with Crippen molar-refractivity contribution in [1.82, 2.24) is 0 Å². The van der Waals surface area contributed by atoms with Crippen LogP contribution in [0, 0.1) is 24.0 Å². The van der Waals surface area contributed by atoms with Gasteiger partial charge in [-0.15, -0.1) is 11.8 Å². The second-order valence-electron chi connectivity index (χ2n) is 5.52. The largest absolute Gasteiger partial charge is 0.416 e. The number of thioether (sulfide) groups is 1. The summed E-state index contributed by atoms with van der Waals surface area (Å²) in [6.07, 6.45) is -4.67. The molecule has 0 atom stereocenters. The van der Waals surface area contributed by atoms with Crippen LogP contribution in [0.25, 0.3) is 0 Å². The van der Waals surface area contributed by atoms with Gasteiger partial charge in [0.2, 0.25) is 5.91 Å². The number of anilines is 1. The third kappa shape index (κ3) is 4.75. The molecule has 0 unspecified atom stereocenters. The minimum atomic E-state index is -4.67. The number of aryl methyl sites for hydroxylation is 1. The number of halogens is 3. The second-order valence-corrected chi connectivity index (χ2v) is 6.54. The van der Waals surface area contributed by atoms with E-state index in [1.165, 1.54) is 0 Å². The Morgan fingerprint density at radius 3 is 2.54 bits per heavy atom. The van der Waals surface area contributed by atoms with E-state index in [1.54, 1.807) is 12.1 Å². The van der Waals surface area contributed by atoms with E-state index in [2.05, 4.69) is 5.32 Å². The minimum absolute atomic E-state index is 0.000820. The van der Waals surface area contributed by atoms with Gasteiger partial charge in [-0.2, -0.15) is 13.2 Å². The lowest BCUT2D eigenvalue weighted by Crippen LogP contribution is -2.15. The SMILES string of the molecule is Cc1cccc(NC(=O)CSc2ccc(C(F)(F)F)cc2[N+](=O)[O-])c1C. The number of nitro groups is 1. The Labute approximate surface area is 151 Å². The molecule has 5 nitrogen and oxygen atoms in total. The summed E-state index contributed by atoms with van der Waals surface area (Å²) in [5.41, 5.74) is 0.732. The fourth-order valence-corrected chi connectivity index (χ4v) is 2.98. The topological polar surface area (TPSA) is 72.2 Å². The summed E-state index contributed by atoms with van der Waals surface area (Å²) in [6.45, 7) is 3.74. The smallest absolute Gasteiger partial charge is 0.325 e. The third-order valence-corrected chi connectivity index (χ3v) is 4.78. The summed E-state index contributed by atoms with van der Waals surface area (Å²) in [4.78, 5) is 22.2. The van der Waals surface area contributed by atoms with Crippen LogP contribution in [0.2, 0.25) is 0 Å². The van der Waals surface area contributed by atoms with Crippen molar-refractivity contribution in [1.29, 1.82) is 0 Å². The normalized spacial score (nSPS) is 11.3. The van der Waals surface area contributed by atoms with Gasteiger partial charge in [-0.05, 0) is 43.2 Å². The lowest BCUT2D eigenvalue weighted by atomic mass is 10.1. The molecule has 0 bridgehead atoms. The first-order chi connectivity index (χ1) is 12.1. The number of nitro benzene ring substituents is 1. The molecule has 0 aromatic heterocycles. The molecule has 0 saturated heterocycles. The summed E-state index contributed by atoms with van der Waals surface area (Å²) in [7, 11) is 0. The summed E-state index contributed by atoms with van der Waals surface area (Å²) < 4.78 is 38.1. The molecule has 0 saturated carbocycles. The van der Waals surface area contributed by atoms with Crippen molar-refractivity contribution >= 4 is 29.0 Å². The zero-order chi connectivity index (χ0) is 19.5. The zero-order valence-corrected chi connectivity index (χ0v) is 14.7. The van der Waals surface area contributed by atoms with Gasteiger partial charge in [0, 0.05) is 11.8 Å². The first kappa shape index (κ1) is 19.8. The van der Waals surface area contributed by atoms with Crippen LogP contribution >= 0.6 is 11.8 Å². The number of hydrogen-bond acceptors (Lipinski definition) is 4. The van der Waals surface area contributed by atoms with E-state index in [1.807, 2.05) is 19.9 Å². The Bertz CT molecular complexity index is 854. The molecular weight excluding hydrogens is 369 g/mol. The molecule has 138 valence electrons. The number of hydrogen-bond donors (Lipinski definition) is 1. The summed E-state index contributed by atoms with van der Waals surface area (Å²) in [6, 6.07) is 7.66. The Hall–Kier alpha value is -2.55. The van der Waals surface area contributed by atoms with Gasteiger partial charge in [-0.25, -0.2) is 0 Å². The highest BCUT2D eigenvalue weighted by molar-refractivity contribution is 8.00. The maximum Gasteiger partial charge on any atom is 0.416 e. The van der Waals surface area contributed by atoms with Gasteiger partial charge in [0.05, 0.1) is 21.1 Å². The number of carbonyl (C=O) groups excluding carboxylic acids is 1. The summed E-state index contributed by atoms with van der Waals surface area (Å²) in [5, 5.41) is 13.7. The number of rotatable bonds is 5. The zero-order valence-electron chi connectivity index (χ0n) is 13.9. The number of alkyl halides is 3. The van der Waals surface area contributed by atoms with E-state index in [4.69, 9.17) is 0 Å². The van der Waals surface area contributed by atoms with Crippen molar-refractivity contribution in [3.63, 3.8) is 0 Å². The lowest BCUT2D eigenvalue weighted by molar-refractivity contribution is -0.388. The highest BCUT2D eigenvalue weighted by Crippen LogP contribution is 2.36. The molecule has 2 aromatic rings. The van der Waals surface area contributed by atoms with Crippen LogP contribution in [-0.2, 0) is 11.0 Å². The molecule has 9 heteroatoms. The van der Waals surface area contributed by atoms with Gasteiger partial charge >= 0.3 is 6.18 Å². The van der Waals surface area contributed by atoms with Crippen LogP contribution < -0.4 is 5.32 Å². The van der Waals surface area contributed by atoms with Gasteiger partial charge in [-0.3, -0.25) is 14.9 Å².